The number of nitriles is 1. The summed E-state index contributed by atoms with van der Waals surface area (Å²) in [5.41, 5.74) is -0.463. The average Bonchev–Trinajstić information content (AvgIpc) is 2.29. The summed E-state index contributed by atoms with van der Waals surface area (Å²) < 4.78 is 0. The number of hydrogen-bond donors (Lipinski definition) is 1. The smallest absolute Gasteiger partial charge is 0.135 e. The summed E-state index contributed by atoms with van der Waals surface area (Å²) in [6.07, 6.45) is 2.66. The predicted octanol–water partition coefficient (Wildman–Crippen LogP) is 2.60. The number of aliphatic hydroxyl groups is 1. The molecular weight excluding hydrogens is 226 g/mol. The number of carbonyl (C=O) groups excluding carboxylic acids is 1. The molecule has 0 bridgehead atoms. The number of allylic oxidation sites excluding steroid dienone is 1. The van der Waals surface area contributed by atoms with E-state index in [-0.39, 0.29) is 24.0 Å². The summed E-state index contributed by atoms with van der Waals surface area (Å²) >= 11 is 0. The van der Waals surface area contributed by atoms with Crippen molar-refractivity contribution in [1.29, 1.82) is 5.26 Å². The van der Waals surface area contributed by atoms with Gasteiger partial charge in [-0.2, -0.15) is 5.26 Å². The van der Waals surface area contributed by atoms with E-state index in [1.54, 1.807) is 0 Å². The Morgan fingerprint density at radius 2 is 2.28 bits per heavy atom. The molecule has 0 aromatic rings. The number of hydrogen-bond acceptors (Lipinski definition) is 3. The molecule has 0 heterocycles. The van der Waals surface area contributed by atoms with E-state index in [1.807, 2.05) is 13.8 Å². The first kappa shape index (κ1) is 13.3. The van der Waals surface area contributed by atoms with Gasteiger partial charge in [-0.1, -0.05) is 19.1 Å². The van der Waals surface area contributed by atoms with Crippen LogP contribution >= 0.6 is 0 Å². The topological polar surface area (TPSA) is 61.1 Å². The van der Waals surface area contributed by atoms with Crippen molar-refractivity contribution in [3.63, 3.8) is 0 Å². The van der Waals surface area contributed by atoms with E-state index < -0.39 is 11.0 Å². The molecule has 0 aliphatic heterocycles. The molecule has 0 aromatic heterocycles. The average molecular weight is 247 g/mol. The van der Waals surface area contributed by atoms with Gasteiger partial charge in [0.2, 0.25) is 0 Å². The monoisotopic (exact) mass is 247 g/mol. The maximum Gasteiger partial charge on any atom is 0.135 e. The molecule has 0 saturated heterocycles. The third kappa shape index (κ3) is 1.80. The lowest BCUT2D eigenvalue weighted by molar-refractivity contribution is -0.169. The van der Waals surface area contributed by atoms with E-state index in [4.69, 9.17) is 0 Å². The van der Waals surface area contributed by atoms with Crippen LogP contribution in [-0.2, 0) is 4.79 Å². The van der Waals surface area contributed by atoms with Gasteiger partial charge < -0.3 is 5.11 Å². The number of Topliss-reactive ketones (excluding diaryl/α,β-unsaturated/α-hetero) is 1. The third-order valence-electron chi connectivity index (χ3n) is 5.20. The first-order chi connectivity index (χ1) is 8.32. The Balaban J connectivity index is 2.39. The van der Waals surface area contributed by atoms with Gasteiger partial charge in [0.05, 0.1) is 17.6 Å². The highest BCUT2D eigenvalue weighted by Crippen LogP contribution is 2.57. The maximum atomic E-state index is 11.7. The summed E-state index contributed by atoms with van der Waals surface area (Å²) in [6.45, 7) is 7.87. The van der Waals surface area contributed by atoms with E-state index >= 15 is 0 Å². The Bertz CT molecular complexity index is 436. The van der Waals surface area contributed by atoms with Crippen LogP contribution in [0.2, 0.25) is 0 Å². The van der Waals surface area contributed by atoms with Gasteiger partial charge in [0.25, 0.3) is 0 Å². The van der Waals surface area contributed by atoms with Gasteiger partial charge in [-0.05, 0) is 32.1 Å². The van der Waals surface area contributed by atoms with Crippen molar-refractivity contribution in [1.82, 2.24) is 0 Å². The van der Waals surface area contributed by atoms with Crippen LogP contribution in [0, 0.1) is 28.6 Å². The number of ketones is 1. The van der Waals surface area contributed by atoms with Crippen LogP contribution < -0.4 is 0 Å². The van der Waals surface area contributed by atoms with E-state index in [1.165, 1.54) is 0 Å². The first-order valence-corrected chi connectivity index (χ1v) is 6.61. The Hall–Kier alpha value is -1.14. The molecule has 2 rings (SSSR count). The molecule has 3 nitrogen and oxygen atoms in total. The maximum absolute atomic E-state index is 11.7. The van der Waals surface area contributed by atoms with E-state index in [9.17, 15) is 15.2 Å². The fraction of sp³-hybridized carbons (Fsp3) is 0.733. The van der Waals surface area contributed by atoms with Gasteiger partial charge in [-0.15, -0.1) is 0 Å². The number of nitrogens with zero attached hydrogens (tertiary/aromatic N) is 1. The van der Waals surface area contributed by atoms with Crippen molar-refractivity contribution < 1.29 is 9.90 Å². The van der Waals surface area contributed by atoms with Crippen LogP contribution in [0.5, 0.6) is 0 Å². The first-order valence-electron chi connectivity index (χ1n) is 6.61. The molecule has 0 unspecified atom stereocenters. The van der Waals surface area contributed by atoms with Crippen LogP contribution in [0.4, 0.5) is 0 Å². The minimum Gasteiger partial charge on any atom is -0.389 e. The number of carbonyl (C=O) groups is 1. The Morgan fingerprint density at radius 3 is 2.83 bits per heavy atom. The van der Waals surface area contributed by atoms with E-state index in [2.05, 4.69) is 12.6 Å². The molecule has 1 N–H and O–H groups in total. The lowest BCUT2D eigenvalue weighted by Gasteiger charge is -2.55. The van der Waals surface area contributed by atoms with E-state index in [0.717, 1.165) is 12.0 Å². The standard InChI is InChI=1S/C15H21NO2/c1-10(2)11-6-12(9-16)14(3)5-4-13(17)8-15(14,18)7-11/h11-12,18H,1,4-8H2,2-3H3/t11-,12+,14-,15-/m0/s1. The van der Waals surface area contributed by atoms with Crippen LogP contribution in [0.1, 0.15) is 46.0 Å². The fourth-order valence-corrected chi connectivity index (χ4v) is 3.66. The van der Waals surface area contributed by atoms with Gasteiger partial charge in [0, 0.05) is 18.3 Å². The highest BCUT2D eigenvalue weighted by Gasteiger charge is 2.58. The number of fused-ring (bicyclic) bond motifs is 1. The summed E-state index contributed by atoms with van der Waals surface area (Å²) in [6, 6.07) is 2.36. The quantitative estimate of drug-likeness (QED) is 0.724. The van der Waals surface area contributed by atoms with Gasteiger partial charge in [0.1, 0.15) is 5.78 Å². The Labute approximate surface area is 108 Å². The lowest BCUT2D eigenvalue weighted by Crippen LogP contribution is -2.58. The van der Waals surface area contributed by atoms with Gasteiger partial charge in [0.15, 0.2) is 0 Å². The van der Waals surface area contributed by atoms with Crippen LogP contribution in [-0.4, -0.2) is 16.5 Å². The summed E-state index contributed by atoms with van der Waals surface area (Å²) in [7, 11) is 0. The SMILES string of the molecule is C=C(C)[C@H]1C[C@H](C#N)[C@]2(C)CCC(=O)C[C@@]2(O)C1. The molecule has 18 heavy (non-hydrogen) atoms. The zero-order valence-corrected chi connectivity index (χ0v) is 11.2. The second-order valence-corrected chi connectivity index (χ2v) is 6.33. The van der Waals surface area contributed by atoms with Crippen molar-refractivity contribution >= 4 is 5.78 Å². The van der Waals surface area contributed by atoms with Crippen molar-refractivity contribution in [3.8, 4) is 6.07 Å². The molecule has 0 spiro atoms. The third-order valence-corrected chi connectivity index (χ3v) is 5.20. The molecule has 98 valence electrons. The van der Waals surface area contributed by atoms with Crippen molar-refractivity contribution in [2.45, 2.75) is 51.6 Å². The largest absolute Gasteiger partial charge is 0.389 e. The molecule has 0 radical (unpaired) electrons. The molecule has 4 atom stereocenters. The van der Waals surface area contributed by atoms with Gasteiger partial charge in [-0.25, -0.2) is 0 Å². The summed E-state index contributed by atoms with van der Waals surface area (Å²) in [4.78, 5) is 11.7. The molecule has 2 fully saturated rings. The Morgan fingerprint density at radius 1 is 1.61 bits per heavy atom. The molecule has 3 heteroatoms. The second-order valence-electron chi connectivity index (χ2n) is 6.33. The molecule has 2 saturated carbocycles. The van der Waals surface area contributed by atoms with Gasteiger partial charge in [-0.3, -0.25) is 4.79 Å². The summed E-state index contributed by atoms with van der Waals surface area (Å²) in [5, 5.41) is 20.3. The molecule has 2 aliphatic rings. The van der Waals surface area contributed by atoms with Crippen molar-refractivity contribution in [3.05, 3.63) is 12.2 Å². The molecular formula is C15H21NO2. The number of rotatable bonds is 1. The molecule has 0 aromatic carbocycles. The minimum absolute atomic E-state index is 0.119. The fourth-order valence-electron chi connectivity index (χ4n) is 3.66. The van der Waals surface area contributed by atoms with Crippen molar-refractivity contribution in [2.24, 2.45) is 17.3 Å². The normalized spacial score (nSPS) is 44.0. The predicted molar refractivity (Wildman–Crippen MR) is 68.6 cm³/mol. The highest BCUT2D eigenvalue weighted by molar-refractivity contribution is 5.80. The minimum atomic E-state index is -1.02. The van der Waals surface area contributed by atoms with E-state index in [0.29, 0.717) is 19.3 Å². The highest BCUT2D eigenvalue weighted by atomic mass is 16.3. The van der Waals surface area contributed by atoms with Crippen LogP contribution in [0.25, 0.3) is 0 Å². The zero-order chi connectivity index (χ0) is 13.6. The Kier molecular flexibility index (Phi) is 3.11. The van der Waals surface area contributed by atoms with Gasteiger partial charge >= 0.3 is 0 Å². The lowest BCUT2D eigenvalue weighted by atomic mass is 9.50. The second kappa shape index (κ2) is 4.20. The van der Waals surface area contributed by atoms with Crippen molar-refractivity contribution in [2.75, 3.05) is 0 Å². The zero-order valence-electron chi connectivity index (χ0n) is 11.2. The summed E-state index contributed by atoms with van der Waals surface area (Å²) in [5.74, 6) is 0.0821. The molecule has 0 amide bonds. The van der Waals surface area contributed by atoms with Crippen LogP contribution in [0.3, 0.4) is 0 Å². The molecule has 2 aliphatic carbocycles. The van der Waals surface area contributed by atoms with Crippen LogP contribution in [0.15, 0.2) is 12.2 Å².